The predicted molar refractivity (Wildman–Crippen MR) is 76.4 cm³/mol. The Morgan fingerprint density at radius 1 is 1.26 bits per heavy atom. The van der Waals surface area contributed by atoms with Crippen molar-refractivity contribution in [3.05, 3.63) is 30.1 Å². The van der Waals surface area contributed by atoms with Crippen molar-refractivity contribution in [2.24, 2.45) is 5.73 Å². The number of nitrogen functional groups attached to an aromatic ring is 1. The molecule has 3 rings (SSSR count). The summed E-state index contributed by atoms with van der Waals surface area (Å²) in [6.07, 6.45) is 2.25. The van der Waals surface area contributed by atoms with Crippen molar-refractivity contribution in [2.45, 2.75) is 25.4 Å². The van der Waals surface area contributed by atoms with Gasteiger partial charge in [0.2, 0.25) is 0 Å². The molecule has 5 nitrogen and oxygen atoms in total. The molecule has 4 N–H and O–H groups in total. The fourth-order valence-electron chi connectivity index (χ4n) is 2.66. The van der Waals surface area contributed by atoms with E-state index in [1.807, 2.05) is 24.3 Å². The summed E-state index contributed by atoms with van der Waals surface area (Å²) in [7, 11) is 0. The molecule has 1 atom stereocenters. The fourth-order valence-corrected chi connectivity index (χ4v) is 2.66. The van der Waals surface area contributed by atoms with Gasteiger partial charge in [-0.3, -0.25) is 4.90 Å². The SMILES string of the molecule is Nc1nc(CN2CCC[C@@H](N)C2)nc2ccccc12. The summed E-state index contributed by atoms with van der Waals surface area (Å²) in [5.41, 5.74) is 12.9. The number of nitrogens with two attached hydrogens (primary N) is 2. The molecule has 0 unspecified atom stereocenters. The molecule has 5 heteroatoms. The lowest BCUT2D eigenvalue weighted by Gasteiger charge is -2.30. The van der Waals surface area contributed by atoms with Gasteiger partial charge in [-0.05, 0) is 31.5 Å². The van der Waals surface area contributed by atoms with Gasteiger partial charge in [-0.25, -0.2) is 9.97 Å². The highest BCUT2D eigenvalue weighted by Gasteiger charge is 2.18. The second-order valence-electron chi connectivity index (χ2n) is 5.18. The van der Waals surface area contributed by atoms with Crippen LogP contribution in [0.2, 0.25) is 0 Å². The average molecular weight is 257 g/mol. The Hall–Kier alpha value is -1.72. The monoisotopic (exact) mass is 257 g/mol. The van der Waals surface area contributed by atoms with Crippen molar-refractivity contribution in [2.75, 3.05) is 18.8 Å². The zero-order chi connectivity index (χ0) is 13.2. The Kier molecular flexibility index (Phi) is 3.31. The van der Waals surface area contributed by atoms with Gasteiger partial charge in [-0.15, -0.1) is 0 Å². The molecule has 0 aliphatic carbocycles. The quantitative estimate of drug-likeness (QED) is 0.843. The molecule has 1 aromatic heterocycles. The van der Waals surface area contributed by atoms with Gasteiger partial charge in [-0.2, -0.15) is 0 Å². The number of fused-ring (bicyclic) bond motifs is 1. The molecule has 100 valence electrons. The molecule has 2 aromatic rings. The maximum Gasteiger partial charge on any atom is 0.145 e. The molecule has 0 bridgehead atoms. The third kappa shape index (κ3) is 2.67. The van der Waals surface area contributed by atoms with E-state index in [0.29, 0.717) is 5.82 Å². The predicted octanol–water partition coefficient (Wildman–Crippen LogP) is 1.14. The molecule has 0 saturated carbocycles. The number of hydrogen-bond acceptors (Lipinski definition) is 5. The lowest BCUT2D eigenvalue weighted by atomic mass is 10.1. The highest BCUT2D eigenvalue weighted by atomic mass is 15.2. The molecule has 19 heavy (non-hydrogen) atoms. The minimum atomic E-state index is 0.270. The number of nitrogens with zero attached hydrogens (tertiary/aromatic N) is 3. The largest absolute Gasteiger partial charge is 0.383 e. The first-order valence-corrected chi connectivity index (χ1v) is 6.71. The van der Waals surface area contributed by atoms with Gasteiger partial charge >= 0.3 is 0 Å². The van der Waals surface area contributed by atoms with Crippen LogP contribution >= 0.6 is 0 Å². The number of piperidine rings is 1. The highest BCUT2D eigenvalue weighted by molar-refractivity contribution is 5.87. The molecular weight excluding hydrogens is 238 g/mol. The Morgan fingerprint density at radius 2 is 2.11 bits per heavy atom. The van der Waals surface area contributed by atoms with Gasteiger partial charge in [0.15, 0.2) is 0 Å². The maximum atomic E-state index is 6.00. The molecule has 0 spiro atoms. The number of rotatable bonds is 2. The molecule has 0 amide bonds. The summed E-state index contributed by atoms with van der Waals surface area (Å²) in [6, 6.07) is 8.11. The first-order valence-electron chi connectivity index (χ1n) is 6.71. The van der Waals surface area contributed by atoms with Gasteiger partial charge in [0.05, 0.1) is 12.1 Å². The van der Waals surface area contributed by atoms with E-state index < -0.39 is 0 Å². The summed E-state index contributed by atoms with van der Waals surface area (Å²) in [4.78, 5) is 11.3. The van der Waals surface area contributed by atoms with E-state index in [1.54, 1.807) is 0 Å². The molecule has 1 aliphatic heterocycles. The van der Waals surface area contributed by atoms with Crippen molar-refractivity contribution < 1.29 is 0 Å². The molecule has 1 aliphatic rings. The normalized spacial score (nSPS) is 20.8. The van der Waals surface area contributed by atoms with Crippen LogP contribution in [0.1, 0.15) is 18.7 Å². The van der Waals surface area contributed by atoms with Crippen LogP contribution in [-0.2, 0) is 6.54 Å². The lowest BCUT2D eigenvalue weighted by Crippen LogP contribution is -2.42. The van der Waals surface area contributed by atoms with E-state index in [4.69, 9.17) is 11.5 Å². The summed E-state index contributed by atoms with van der Waals surface area (Å²) in [5, 5.41) is 0.918. The lowest BCUT2D eigenvalue weighted by molar-refractivity contribution is 0.197. The molecule has 1 fully saturated rings. The van der Waals surface area contributed by atoms with E-state index in [1.165, 1.54) is 0 Å². The third-order valence-corrected chi connectivity index (χ3v) is 3.59. The summed E-state index contributed by atoms with van der Waals surface area (Å²) >= 11 is 0. The van der Waals surface area contributed by atoms with E-state index in [0.717, 1.165) is 49.2 Å². The zero-order valence-electron chi connectivity index (χ0n) is 10.9. The number of aromatic nitrogens is 2. The van der Waals surface area contributed by atoms with Gasteiger partial charge in [0, 0.05) is 18.0 Å². The molecule has 2 heterocycles. The average Bonchev–Trinajstić information content (AvgIpc) is 2.39. The minimum Gasteiger partial charge on any atom is -0.383 e. The number of benzene rings is 1. The van der Waals surface area contributed by atoms with Crippen LogP contribution < -0.4 is 11.5 Å². The second-order valence-corrected chi connectivity index (χ2v) is 5.18. The Labute approximate surface area is 112 Å². The number of para-hydroxylation sites is 1. The van der Waals surface area contributed by atoms with Crippen LogP contribution in [0.3, 0.4) is 0 Å². The van der Waals surface area contributed by atoms with Crippen LogP contribution in [0.5, 0.6) is 0 Å². The Morgan fingerprint density at radius 3 is 2.95 bits per heavy atom. The van der Waals surface area contributed by atoms with Crippen molar-refractivity contribution in [1.82, 2.24) is 14.9 Å². The van der Waals surface area contributed by atoms with Crippen LogP contribution in [-0.4, -0.2) is 34.0 Å². The topological polar surface area (TPSA) is 81.1 Å². The van der Waals surface area contributed by atoms with E-state index in [2.05, 4.69) is 14.9 Å². The highest BCUT2D eigenvalue weighted by Crippen LogP contribution is 2.18. The Bertz CT molecular complexity index is 583. The molecule has 0 radical (unpaired) electrons. The van der Waals surface area contributed by atoms with Crippen LogP contribution in [0.25, 0.3) is 10.9 Å². The molecule has 1 aromatic carbocycles. The van der Waals surface area contributed by atoms with Gasteiger partial charge in [-0.1, -0.05) is 12.1 Å². The zero-order valence-corrected chi connectivity index (χ0v) is 10.9. The number of anilines is 1. The second kappa shape index (κ2) is 5.11. The van der Waals surface area contributed by atoms with Crippen molar-refractivity contribution in [3.63, 3.8) is 0 Å². The summed E-state index contributed by atoms with van der Waals surface area (Å²) in [6.45, 7) is 2.70. The van der Waals surface area contributed by atoms with Gasteiger partial charge in [0.1, 0.15) is 11.6 Å². The first-order chi connectivity index (χ1) is 9.22. The van der Waals surface area contributed by atoms with Crippen molar-refractivity contribution in [3.8, 4) is 0 Å². The van der Waals surface area contributed by atoms with Crippen molar-refractivity contribution in [1.29, 1.82) is 0 Å². The van der Waals surface area contributed by atoms with Crippen LogP contribution in [0.4, 0.5) is 5.82 Å². The molecule has 1 saturated heterocycles. The third-order valence-electron chi connectivity index (χ3n) is 3.59. The molecular formula is C14H19N5. The first kappa shape index (κ1) is 12.3. The summed E-state index contributed by atoms with van der Waals surface area (Å²) in [5.74, 6) is 1.34. The van der Waals surface area contributed by atoms with E-state index >= 15 is 0 Å². The van der Waals surface area contributed by atoms with Crippen LogP contribution in [0.15, 0.2) is 24.3 Å². The van der Waals surface area contributed by atoms with Crippen molar-refractivity contribution >= 4 is 16.7 Å². The van der Waals surface area contributed by atoms with Gasteiger partial charge in [0.25, 0.3) is 0 Å². The van der Waals surface area contributed by atoms with Crippen LogP contribution in [0, 0.1) is 0 Å². The Balaban J connectivity index is 1.85. The van der Waals surface area contributed by atoms with Gasteiger partial charge < -0.3 is 11.5 Å². The number of hydrogen-bond donors (Lipinski definition) is 2. The van der Waals surface area contributed by atoms with E-state index in [9.17, 15) is 0 Å². The minimum absolute atomic E-state index is 0.270. The smallest absolute Gasteiger partial charge is 0.145 e. The standard InChI is InChI=1S/C14H19N5/c15-10-4-3-7-19(8-10)9-13-17-12-6-2-1-5-11(12)14(16)18-13/h1-2,5-6,10H,3-4,7-9,15H2,(H2,16,17,18)/t10-/m1/s1. The van der Waals surface area contributed by atoms with E-state index in [-0.39, 0.29) is 6.04 Å². The fraction of sp³-hybridized carbons (Fsp3) is 0.429. The number of likely N-dealkylation sites (tertiary alicyclic amines) is 1. The summed E-state index contributed by atoms with van der Waals surface area (Å²) < 4.78 is 0. The maximum absolute atomic E-state index is 6.00.